The number of nitrogens with one attached hydrogen (secondary N) is 1. The second kappa shape index (κ2) is 7.70. The lowest BCUT2D eigenvalue weighted by Crippen LogP contribution is -2.19. The van der Waals surface area contributed by atoms with Crippen molar-refractivity contribution >= 4 is 17.6 Å². The zero-order valence-corrected chi connectivity index (χ0v) is 13.9. The van der Waals surface area contributed by atoms with Crippen LogP contribution in [0, 0.1) is 0 Å². The SMILES string of the molecule is COc1ccccc1C(=O)OCCOc1ccc2c(c1)CCC(=O)N2. The van der Waals surface area contributed by atoms with Gasteiger partial charge in [-0.25, -0.2) is 4.79 Å². The van der Waals surface area contributed by atoms with Gasteiger partial charge >= 0.3 is 5.97 Å². The number of para-hydroxylation sites is 1. The van der Waals surface area contributed by atoms with Crippen molar-refractivity contribution in [1.82, 2.24) is 0 Å². The molecule has 6 heteroatoms. The van der Waals surface area contributed by atoms with Crippen molar-refractivity contribution < 1.29 is 23.8 Å². The van der Waals surface area contributed by atoms with Crippen molar-refractivity contribution in [2.45, 2.75) is 12.8 Å². The molecule has 0 unspecified atom stereocenters. The predicted octanol–water partition coefficient (Wildman–Crippen LogP) is 2.82. The quantitative estimate of drug-likeness (QED) is 0.646. The second-order valence-corrected chi connectivity index (χ2v) is 5.55. The highest BCUT2D eigenvalue weighted by Crippen LogP contribution is 2.26. The molecule has 1 N–H and O–H groups in total. The minimum atomic E-state index is -0.450. The molecule has 1 aliphatic heterocycles. The molecule has 2 aromatic rings. The van der Waals surface area contributed by atoms with Crippen LogP contribution >= 0.6 is 0 Å². The number of hydrogen-bond donors (Lipinski definition) is 1. The molecule has 3 rings (SSSR count). The first-order valence-corrected chi connectivity index (χ1v) is 8.03. The Morgan fingerprint density at radius 1 is 1.12 bits per heavy atom. The molecule has 1 aliphatic rings. The summed E-state index contributed by atoms with van der Waals surface area (Å²) in [5.74, 6) is 0.743. The monoisotopic (exact) mass is 341 g/mol. The van der Waals surface area contributed by atoms with E-state index < -0.39 is 5.97 Å². The van der Waals surface area contributed by atoms with Crippen molar-refractivity contribution in [2.75, 3.05) is 25.6 Å². The lowest BCUT2D eigenvalue weighted by atomic mass is 10.0. The number of hydrogen-bond acceptors (Lipinski definition) is 5. The summed E-state index contributed by atoms with van der Waals surface area (Å²) in [7, 11) is 1.51. The molecular formula is C19H19NO5. The smallest absolute Gasteiger partial charge is 0.342 e. The minimum absolute atomic E-state index is 0.0319. The number of rotatable bonds is 6. The zero-order valence-electron chi connectivity index (χ0n) is 13.9. The standard InChI is InChI=1S/C19H19NO5/c1-23-17-5-3-2-4-15(17)19(22)25-11-10-24-14-7-8-16-13(12-14)6-9-18(21)20-16/h2-5,7-8,12H,6,9-11H2,1H3,(H,20,21). The van der Waals surface area contributed by atoms with Gasteiger partial charge < -0.3 is 19.5 Å². The van der Waals surface area contributed by atoms with Gasteiger partial charge in [0.05, 0.1) is 7.11 Å². The third-order valence-electron chi connectivity index (χ3n) is 3.88. The number of aryl methyl sites for hydroxylation is 1. The highest BCUT2D eigenvalue weighted by Gasteiger charge is 2.15. The van der Waals surface area contributed by atoms with E-state index in [9.17, 15) is 9.59 Å². The van der Waals surface area contributed by atoms with E-state index in [0.717, 1.165) is 11.3 Å². The maximum atomic E-state index is 12.1. The van der Waals surface area contributed by atoms with E-state index in [0.29, 0.717) is 29.9 Å². The van der Waals surface area contributed by atoms with Gasteiger partial charge in [0, 0.05) is 12.1 Å². The molecule has 6 nitrogen and oxygen atoms in total. The van der Waals surface area contributed by atoms with E-state index in [1.165, 1.54) is 7.11 Å². The summed E-state index contributed by atoms with van der Waals surface area (Å²) < 4.78 is 16.0. The molecule has 0 aromatic heterocycles. The molecule has 1 amide bonds. The molecule has 130 valence electrons. The van der Waals surface area contributed by atoms with Crippen LogP contribution in [0.15, 0.2) is 42.5 Å². The Morgan fingerprint density at radius 2 is 1.96 bits per heavy atom. The summed E-state index contributed by atoms with van der Waals surface area (Å²) in [4.78, 5) is 23.4. The normalized spacial score (nSPS) is 12.8. The number of benzene rings is 2. The molecule has 0 radical (unpaired) electrons. The predicted molar refractivity (Wildman–Crippen MR) is 92.2 cm³/mol. The van der Waals surface area contributed by atoms with Gasteiger partial charge in [-0.2, -0.15) is 0 Å². The fourth-order valence-corrected chi connectivity index (χ4v) is 2.63. The zero-order chi connectivity index (χ0) is 17.6. The van der Waals surface area contributed by atoms with E-state index in [-0.39, 0.29) is 19.1 Å². The van der Waals surface area contributed by atoms with Gasteiger partial charge in [0.1, 0.15) is 30.3 Å². The fourth-order valence-electron chi connectivity index (χ4n) is 2.63. The number of ether oxygens (including phenoxy) is 3. The second-order valence-electron chi connectivity index (χ2n) is 5.55. The number of esters is 1. The van der Waals surface area contributed by atoms with Gasteiger partial charge in [-0.1, -0.05) is 12.1 Å². The van der Waals surface area contributed by atoms with Gasteiger partial charge in [-0.3, -0.25) is 4.79 Å². The number of amides is 1. The molecule has 0 spiro atoms. The van der Waals surface area contributed by atoms with Gasteiger partial charge in [0.15, 0.2) is 0 Å². The first-order valence-electron chi connectivity index (χ1n) is 8.03. The average Bonchev–Trinajstić information content (AvgIpc) is 2.65. The topological polar surface area (TPSA) is 73.9 Å². The summed E-state index contributed by atoms with van der Waals surface area (Å²) in [5.41, 5.74) is 2.25. The Hall–Kier alpha value is -3.02. The number of methoxy groups -OCH3 is 1. The third kappa shape index (κ3) is 4.09. The van der Waals surface area contributed by atoms with Crippen molar-refractivity contribution in [2.24, 2.45) is 0 Å². The third-order valence-corrected chi connectivity index (χ3v) is 3.88. The lowest BCUT2D eigenvalue weighted by Gasteiger charge is -2.17. The van der Waals surface area contributed by atoms with Crippen molar-refractivity contribution in [1.29, 1.82) is 0 Å². The van der Waals surface area contributed by atoms with Crippen molar-refractivity contribution in [3.63, 3.8) is 0 Å². The van der Waals surface area contributed by atoms with Gasteiger partial charge in [0.2, 0.25) is 5.91 Å². The number of carbonyl (C=O) groups is 2. The summed E-state index contributed by atoms with van der Waals surface area (Å²) in [5, 5.41) is 2.82. The van der Waals surface area contributed by atoms with E-state index in [1.54, 1.807) is 30.3 Å². The van der Waals surface area contributed by atoms with Crippen molar-refractivity contribution in [3.8, 4) is 11.5 Å². The van der Waals surface area contributed by atoms with E-state index >= 15 is 0 Å². The minimum Gasteiger partial charge on any atom is -0.496 e. The molecule has 25 heavy (non-hydrogen) atoms. The van der Waals surface area contributed by atoms with Crippen LogP contribution in [-0.2, 0) is 16.0 Å². The molecule has 1 heterocycles. The number of fused-ring (bicyclic) bond motifs is 1. The van der Waals surface area contributed by atoms with Crippen LogP contribution in [0.2, 0.25) is 0 Å². The van der Waals surface area contributed by atoms with Crippen LogP contribution in [0.4, 0.5) is 5.69 Å². The Morgan fingerprint density at radius 3 is 2.80 bits per heavy atom. The van der Waals surface area contributed by atoms with Gasteiger partial charge in [-0.05, 0) is 42.3 Å². The Labute approximate surface area is 145 Å². The molecule has 0 saturated carbocycles. The molecule has 0 bridgehead atoms. The first kappa shape index (κ1) is 16.8. The van der Waals surface area contributed by atoms with Crippen LogP contribution in [0.1, 0.15) is 22.3 Å². The maximum Gasteiger partial charge on any atom is 0.342 e. The molecular weight excluding hydrogens is 322 g/mol. The van der Waals surface area contributed by atoms with Gasteiger partial charge in [-0.15, -0.1) is 0 Å². The summed E-state index contributed by atoms with van der Waals surface area (Å²) >= 11 is 0. The molecule has 0 saturated heterocycles. The average molecular weight is 341 g/mol. The van der Waals surface area contributed by atoms with Crippen LogP contribution in [0.5, 0.6) is 11.5 Å². The Kier molecular flexibility index (Phi) is 5.18. The Bertz CT molecular complexity index is 787. The van der Waals surface area contributed by atoms with Crippen LogP contribution in [-0.4, -0.2) is 32.2 Å². The Balaban J connectivity index is 1.50. The van der Waals surface area contributed by atoms with E-state index in [4.69, 9.17) is 14.2 Å². The summed E-state index contributed by atoms with van der Waals surface area (Å²) in [6.07, 6.45) is 1.17. The van der Waals surface area contributed by atoms with Crippen LogP contribution in [0.25, 0.3) is 0 Å². The van der Waals surface area contributed by atoms with Crippen LogP contribution in [0.3, 0.4) is 0 Å². The summed E-state index contributed by atoms with van der Waals surface area (Å²) in [6, 6.07) is 12.4. The van der Waals surface area contributed by atoms with Gasteiger partial charge in [0.25, 0.3) is 0 Å². The van der Waals surface area contributed by atoms with Crippen molar-refractivity contribution in [3.05, 3.63) is 53.6 Å². The first-order chi connectivity index (χ1) is 12.2. The summed E-state index contributed by atoms with van der Waals surface area (Å²) in [6.45, 7) is 0.372. The molecule has 0 fully saturated rings. The number of carbonyl (C=O) groups excluding carboxylic acids is 2. The maximum absolute atomic E-state index is 12.1. The largest absolute Gasteiger partial charge is 0.496 e. The van der Waals surface area contributed by atoms with Crippen LogP contribution < -0.4 is 14.8 Å². The fraction of sp³-hybridized carbons (Fsp3) is 0.263. The highest BCUT2D eigenvalue weighted by molar-refractivity contribution is 5.94. The molecule has 0 aliphatic carbocycles. The molecule has 0 atom stereocenters. The number of anilines is 1. The highest BCUT2D eigenvalue weighted by atomic mass is 16.6. The lowest BCUT2D eigenvalue weighted by molar-refractivity contribution is -0.116. The van der Waals surface area contributed by atoms with E-state index in [1.807, 2.05) is 12.1 Å². The molecule has 2 aromatic carbocycles. The van der Waals surface area contributed by atoms with E-state index in [2.05, 4.69) is 5.32 Å².